The fourth-order valence-corrected chi connectivity index (χ4v) is 3.50. The average molecular weight is 427 g/mol. The van der Waals surface area contributed by atoms with E-state index in [4.69, 9.17) is 21.1 Å². The molecule has 156 valence electrons. The molecule has 0 saturated carbocycles. The van der Waals surface area contributed by atoms with Gasteiger partial charge in [0.1, 0.15) is 18.0 Å². The molecule has 1 aliphatic heterocycles. The molecule has 29 heavy (non-hydrogen) atoms. The van der Waals surface area contributed by atoms with Crippen molar-refractivity contribution in [1.29, 1.82) is 0 Å². The third-order valence-electron chi connectivity index (χ3n) is 4.81. The van der Waals surface area contributed by atoms with Crippen LogP contribution in [0.5, 0.6) is 5.75 Å². The summed E-state index contributed by atoms with van der Waals surface area (Å²) in [5.74, 6) is -3.54. The summed E-state index contributed by atoms with van der Waals surface area (Å²) >= 11 is 6.07. The lowest BCUT2D eigenvalue weighted by molar-refractivity contribution is -0.161. The molecule has 1 heterocycles. The highest BCUT2D eigenvalue weighted by atomic mass is 35.5. The second-order valence-electron chi connectivity index (χ2n) is 6.72. The number of hydrogen-bond donors (Lipinski definition) is 2. The van der Waals surface area contributed by atoms with Gasteiger partial charge in [-0.15, -0.1) is 0 Å². The topological polar surface area (TPSA) is 76.0 Å². The number of Topliss-reactive ketones (excluding diaryl/α,β-unsaturated/α-hetero) is 1. The molecule has 8 heteroatoms. The van der Waals surface area contributed by atoms with Gasteiger partial charge in [0.15, 0.2) is 5.78 Å². The number of carbonyl (C=O) groups excluding carboxylic acids is 1. The number of carbonyl (C=O) groups is 1. The van der Waals surface area contributed by atoms with Crippen LogP contribution < -0.4 is 4.74 Å². The van der Waals surface area contributed by atoms with Crippen LogP contribution in [-0.4, -0.2) is 41.4 Å². The SMILES string of the molecule is CCOc1ccc(C(F)(F)c2cc(C3CC(O)C(=O)C(CO)O3)ccc2Cl)cc1. The van der Waals surface area contributed by atoms with Gasteiger partial charge in [0.05, 0.1) is 24.3 Å². The molecule has 1 saturated heterocycles. The summed E-state index contributed by atoms with van der Waals surface area (Å²) in [6.07, 6.45) is -3.46. The number of alkyl halides is 2. The molecule has 2 aromatic rings. The average Bonchev–Trinajstić information content (AvgIpc) is 2.71. The van der Waals surface area contributed by atoms with E-state index >= 15 is 8.78 Å². The minimum atomic E-state index is -3.39. The molecule has 3 rings (SSSR count). The molecule has 0 amide bonds. The van der Waals surface area contributed by atoms with Crippen LogP contribution in [0.2, 0.25) is 5.02 Å². The Bertz CT molecular complexity index is 872. The summed E-state index contributed by atoms with van der Waals surface area (Å²) in [5.41, 5.74) is -0.343. The van der Waals surface area contributed by atoms with Crippen molar-refractivity contribution in [2.24, 2.45) is 0 Å². The number of aliphatic hydroxyl groups excluding tert-OH is 2. The molecule has 0 bridgehead atoms. The predicted octanol–water partition coefficient (Wildman–Crippen LogP) is 3.63. The van der Waals surface area contributed by atoms with E-state index in [2.05, 4.69) is 0 Å². The molecule has 1 aliphatic rings. The van der Waals surface area contributed by atoms with Crippen LogP contribution in [0.3, 0.4) is 0 Å². The van der Waals surface area contributed by atoms with Crippen LogP contribution >= 0.6 is 11.6 Å². The van der Waals surface area contributed by atoms with Gasteiger partial charge in [0, 0.05) is 17.5 Å². The van der Waals surface area contributed by atoms with Crippen molar-refractivity contribution in [3.8, 4) is 5.75 Å². The third-order valence-corrected chi connectivity index (χ3v) is 5.14. The van der Waals surface area contributed by atoms with Gasteiger partial charge in [0.2, 0.25) is 0 Å². The van der Waals surface area contributed by atoms with Crippen molar-refractivity contribution in [1.82, 2.24) is 0 Å². The van der Waals surface area contributed by atoms with Crippen LogP contribution in [0.4, 0.5) is 8.78 Å². The van der Waals surface area contributed by atoms with E-state index in [1.807, 2.05) is 0 Å². The molecule has 3 atom stereocenters. The molecule has 2 aromatic carbocycles. The van der Waals surface area contributed by atoms with Crippen LogP contribution in [0.1, 0.15) is 36.1 Å². The van der Waals surface area contributed by atoms with Gasteiger partial charge < -0.3 is 19.7 Å². The summed E-state index contributed by atoms with van der Waals surface area (Å²) in [6.45, 7) is 1.62. The first-order valence-electron chi connectivity index (χ1n) is 9.17. The van der Waals surface area contributed by atoms with Gasteiger partial charge in [-0.25, -0.2) is 0 Å². The largest absolute Gasteiger partial charge is 0.494 e. The molecule has 0 spiro atoms. The lowest BCUT2D eigenvalue weighted by atomic mass is 9.92. The first kappa shape index (κ1) is 21.6. The van der Waals surface area contributed by atoms with Crippen LogP contribution in [0.15, 0.2) is 42.5 Å². The first-order chi connectivity index (χ1) is 13.8. The molecule has 1 fully saturated rings. The van der Waals surface area contributed by atoms with E-state index in [-0.39, 0.29) is 17.0 Å². The fourth-order valence-electron chi connectivity index (χ4n) is 3.27. The smallest absolute Gasteiger partial charge is 0.299 e. The summed E-state index contributed by atoms with van der Waals surface area (Å²) < 4.78 is 41.1. The summed E-state index contributed by atoms with van der Waals surface area (Å²) in [4.78, 5) is 11.8. The zero-order valence-corrected chi connectivity index (χ0v) is 16.4. The predicted molar refractivity (Wildman–Crippen MR) is 102 cm³/mol. The van der Waals surface area contributed by atoms with Crippen LogP contribution in [-0.2, 0) is 15.5 Å². The van der Waals surface area contributed by atoms with E-state index < -0.39 is 42.2 Å². The van der Waals surface area contributed by atoms with E-state index in [0.29, 0.717) is 17.9 Å². The summed E-state index contributed by atoms with van der Waals surface area (Å²) in [7, 11) is 0. The molecular weight excluding hydrogens is 406 g/mol. The quantitative estimate of drug-likeness (QED) is 0.737. The van der Waals surface area contributed by atoms with E-state index in [1.54, 1.807) is 6.92 Å². The van der Waals surface area contributed by atoms with Crippen LogP contribution in [0, 0.1) is 0 Å². The Balaban J connectivity index is 1.93. The van der Waals surface area contributed by atoms with Gasteiger partial charge in [-0.2, -0.15) is 8.78 Å². The van der Waals surface area contributed by atoms with Crippen molar-refractivity contribution in [3.05, 3.63) is 64.2 Å². The van der Waals surface area contributed by atoms with E-state index in [0.717, 1.165) is 0 Å². The number of halogens is 3. The Kier molecular flexibility index (Phi) is 6.53. The Morgan fingerprint density at radius 3 is 2.55 bits per heavy atom. The van der Waals surface area contributed by atoms with Gasteiger partial charge in [-0.05, 0) is 48.9 Å². The van der Waals surface area contributed by atoms with Crippen molar-refractivity contribution in [3.63, 3.8) is 0 Å². The second-order valence-corrected chi connectivity index (χ2v) is 7.13. The molecule has 2 N–H and O–H groups in total. The highest BCUT2D eigenvalue weighted by Crippen LogP contribution is 2.42. The van der Waals surface area contributed by atoms with E-state index in [1.165, 1.54) is 42.5 Å². The van der Waals surface area contributed by atoms with E-state index in [9.17, 15) is 15.0 Å². The molecule has 0 aliphatic carbocycles. The number of aliphatic hydroxyl groups is 2. The molecule has 0 aromatic heterocycles. The lowest BCUT2D eigenvalue weighted by Crippen LogP contribution is -2.43. The molecular formula is C21H21ClF2O5. The van der Waals surface area contributed by atoms with Gasteiger partial charge in [0.25, 0.3) is 5.92 Å². The Hall–Kier alpha value is -2.06. The monoisotopic (exact) mass is 426 g/mol. The van der Waals surface area contributed by atoms with Crippen molar-refractivity contribution in [2.45, 2.75) is 37.6 Å². The number of benzene rings is 2. The second kappa shape index (κ2) is 8.75. The molecule has 5 nitrogen and oxygen atoms in total. The highest BCUT2D eigenvalue weighted by Gasteiger charge is 2.39. The standard InChI is InChI=1S/C21H21ClF2O5/c1-2-28-14-6-4-13(5-7-14)21(23,24)15-9-12(3-8-16(15)22)18-10-17(26)20(27)19(11-25)29-18/h3-9,17-19,25-26H,2,10-11H2,1H3. The number of ketones is 1. The minimum Gasteiger partial charge on any atom is -0.494 e. The lowest BCUT2D eigenvalue weighted by Gasteiger charge is -2.32. The highest BCUT2D eigenvalue weighted by molar-refractivity contribution is 6.31. The van der Waals surface area contributed by atoms with Gasteiger partial charge in [-0.3, -0.25) is 4.79 Å². The normalized spacial score (nSPS) is 22.6. The van der Waals surface area contributed by atoms with Crippen molar-refractivity contribution in [2.75, 3.05) is 13.2 Å². The first-order valence-corrected chi connectivity index (χ1v) is 9.54. The minimum absolute atomic E-state index is 0.0922. The maximum absolute atomic E-state index is 15.2. The fraction of sp³-hybridized carbons (Fsp3) is 0.381. The number of ether oxygens (including phenoxy) is 2. The number of hydrogen-bond acceptors (Lipinski definition) is 5. The maximum Gasteiger partial charge on any atom is 0.299 e. The van der Waals surface area contributed by atoms with Crippen LogP contribution in [0.25, 0.3) is 0 Å². The molecule has 0 radical (unpaired) electrons. The van der Waals surface area contributed by atoms with Crippen molar-refractivity contribution >= 4 is 17.4 Å². The zero-order valence-electron chi connectivity index (χ0n) is 15.6. The third kappa shape index (κ3) is 4.43. The number of rotatable bonds is 6. The van der Waals surface area contributed by atoms with Gasteiger partial charge in [-0.1, -0.05) is 17.7 Å². The van der Waals surface area contributed by atoms with Gasteiger partial charge >= 0.3 is 0 Å². The summed E-state index contributed by atoms with van der Waals surface area (Å²) in [5, 5.41) is 19.1. The maximum atomic E-state index is 15.2. The summed E-state index contributed by atoms with van der Waals surface area (Å²) in [6, 6.07) is 9.51. The zero-order chi connectivity index (χ0) is 21.2. The van der Waals surface area contributed by atoms with Crippen molar-refractivity contribution < 1.29 is 33.3 Å². The Labute approximate surface area is 171 Å². The Morgan fingerprint density at radius 2 is 1.93 bits per heavy atom. The molecule has 3 unspecified atom stereocenters. The Morgan fingerprint density at radius 1 is 1.24 bits per heavy atom.